The van der Waals surface area contributed by atoms with Gasteiger partial charge in [0.1, 0.15) is 11.1 Å². The van der Waals surface area contributed by atoms with Crippen LogP contribution < -0.4 is 0 Å². The fourth-order valence-electron chi connectivity index (χ4n) is 3.79. The Bertz CT molecular complexity index is 534. The molecule has 0 radical (unpaired) electrons. The largest absolute Gasteiger partial charge is 0.392 e. The Hall–Kier alpha value is -0.980. The number of aliphatic hydroxyl groups excluding tert-OH is 1. The van der Waals surface area contributed by atoms with E-state index in [0.717, 1.165) is 23.5 Å². The van der Waals surface area contributed by atoms with Crippen molar-refractivity contribution in [1.29, 1.82) is 0 Å². The number of fused-ring (bicyclic) bond motifs is 2. The molecule has 5 nitrogen and oxygen atoms in total. The SMILES string of the molecule is CCO[C@H](C)c1nc(CC(=O)N2C[C@H]3CCC[C@@H](C2)C3O)cs1. The van der Waals surface area contributed by atoms with Crippen LogP contribution in [0.2, 0.25) is 0 Å². The van der Waals surface area contributed by atoms with E-state index in [0.29, 0.717) is 26.1 Å². The van der Waals surface area contributed by atoms with Crippen LogP contribution in [-0.4, -0.2) is 46.7 Å². The Morgan fingerprint density at radius 3 is 2.83 bits per heavy atom. The molecule has 0 spiro atoms. The summed E-state index contributed by atoms with van der Waals surface area (Å²) in [5.74, 6) is 0.653. The quantitative estimate of drug-likeness (QED) is 0.895. The van der Waals surface area contributed by atoms with Crippen LogP contribution in [0.5, 0.6) is 0 Å². The summed E-state index contributed by atoms with van der Waals surface area (Å²) in [6.45, 7) is 6.01. The van der Waals surface area contributed by atoms with E-state index >= 15 is 0 Å². The molecular formula is C17H26N2O3S. The Morgan fingerprint density at radius 1 is 1.48 bits per heavy atom. The van der Waals surface area contributed by atoms with Gasteiger partial charge < -0.3 is 14.7 Å². The summed E-state index contributed by atoms with van der Waals surface area (Å²) in [7, 11) is 0. The topological polar surface area (TPSA) is 62.7 Å². The number of amides is 1. The molecule has 1 saturated heterocycles. The van der Waals surface area contributed by atoms with Gasteiger partial charge in [0, 0.05) is 36.9 Å². The fourth-order valence-corrected chi connectivity index (χ4v) is 4.61. The van der Waals surface area contributed by atoms with E-state index in [2.05, 4.69) is 4.98 Å². The Morgan fingerprint density at radius 2 is 2.17 bits per heavy atom. The van der Waals surface area contributed by atoms with E-state index in [1.54, 1.807) is 11.3 Å². The number of aromatic nitrogens is 1. The van der Waals surface area contributed by atoms with Crippen LogP contribution in [-0.2, 0) is 16.0 Å². The summed E-state index contributed by atoms with van der Waals surface area (Å²) in [4.78, 5) is 19.1. The highest BCUT2D eigenvalue weighted by Crippen LogP contribution is 2.35. The van der Waals surface area contributed by atoms with Crippen LogP contribution >= 0.6 is 11.3 Å². The molecule has 2 fully saturated rings. The van der Waals surface area contributed by atoms with Crippen molar-refractivity contribution in [2.24, 2.45) is 11.8 Å². The summed E-state index contributed by atoms with van der Waals surface area (Å²) < 4.78 is 5.55. The molecule has 2 aliphatic rings. The van der Waals surface area contributed by atoms with Gasteiger partial charge in [-0.1, -0.05) is 6.42 Å². The lowest BCUT2D eigenvalue weighted by atomic mass is 9.75. The number of hydrogen-bond donors (Lipinski definition) is 1. The lowest BCUT2D eigenvalue weighted by Gasteiger charge is -2.45. The third-order valence-electron chi connectivity index (χ3n) is 5.04. The number of thiazole rings is 1. The standard InChI is InChI=1S/C17H26N2O3S/c1-3-22-11(2)17-18-14(10-23-17)7-15(20)19-8-12-5-4-6-13(9-19)16(12)21/h10-13,16,21H,3-9H2,1-2H3/t11-,12-,13+,16?/m1/s1. The van der Waals surface area contributed by atoms with Crippen LogP contribution in [0.3, 0.4) is 0 Å². The van der Waals surface area contributed by atoms with Crippen molar-refractivity contribution in [3.63, 3.8) is 0 Å². The molecule has 1 unspecified atom stereocenters. The first kappa shape index (κ1) is 16.9. The second kappa shape index (κ2) is 7.28. The van der Waals surface area contributed by atoms with Crippen LogP contribution in [0.4, 0.5) is 0 Å². The Kier molecular flexibility index (Phi) is 5.34. The van der Waals surface area contributed by atoms with Gasteiger partial charge in [-0.25, -0.2) is 4.98 Å². The van der Waals surface area contributed by atoms with Gasteiger partial charge in [0.2, 0.25) is 5.91 Å². The van der Waals surface area contributed by atoms with Gasteiger partial charge in [-0.3, -0.25) is 4.79 Å². The molecule has 1 amide bonds. The highest BCUT2D eigenvalue weighted by atomic mass is 32.1. The number of carbonyl (C=O) groups is 1. The van der Waals surface area contributed by atoms with Gasteiger partial charge in [0.25, 0.3) is 0 Å². The molecule has 3 rings (SSSR count). The lowest BCUT2D eigenvalue weighted by molar-refractivity contribution is -0.139. The van der Waals surface area contributed by atoms with E-state index in [9.17, 15) is 9.90 Å². The zero-order chi connectivity index (χ0) is 16.4. The Balaban J connectivity index is 1.59. The van der Waals surface area contributed by atoms with Gasteiger partial charge in [0.05, 0.1) is 18.2 Å². The number of nitrogens with zero attached hydrogens (tertiary/aromatic N) is 2. The number of ether oxygens (including phenoxy) is 1. The molecular weight excluding hydrogens is 312 g/mol. The first-order valence-electron chi connectivity index (χ1n) is 8.60. The van der Waals surface area contributed by atoms with Crippen molar-refractivity contribution in [2.45, 2.75) is 51.7 Å². The minimum absolute atomic E-state index is 0.0154. The normalized spacial score (nSPS) is 28.7. The van der Waals surface area contributed by atoms with Gasteiger partial charge in [-0.2, -0.15) is 0 Å². The fraction of sp³-hybridized carbons (Fsp3) is 0.765. The van der Waals surface area contributed by atoms with Crippen LogP contribution in [0.15, 0.2) is 5.38 Å². The molecule has 128 valence electrons. The number of aliphatic hydroxyl groups is 1. The first-order chi connectivity index (χ1) is 11.1. The van der Waals surface area contributed by atoms with Gasteiger partial charge in [-0.05, 0) is 26.7 Å². The average molecular weight is 338 g/mol. The van der Waals surface area contributed by atoms with Crippen molar-refractivity contribution in [3.8, 4) is 0 Å². The third kappa shape index (κ3) is 3.75. The molecule has 4 atom stereocenters. The van der Waals surface area contributed by atoms with Crippen LogP contribution in [0.25, 0.3) is 0 Å². The predicted molar refractivity (Wildman–Crippen MR) is 89.3 cm³/mol. The van der Waals surface area contributed by atoms with Crippen LogP contribution in [0, 0.1) is 11.8 Å². The van der Waals surface area contributed by atoms with Gasteiger partial charge in [-0.15, -0.1) is 11.3 Å². The molecule has 2 bridgehead atoms. The molecule has 1 saturated carbocycles. The first-order valence-corrected chi connectivity index (χ1v) is 9.48. The number of hydrogen-bond acceptors (Lipinski definition) is 5. The zero-order valence-electron chi connectivity index (χ0n) is 13.9. The molecule has 1 aromatic heterocycles. The average Bonchev–Trinajstić information content (AvgIpc) is 2.95. The van der Waals surface area contributed by atoms with Gasteiger partial charge in [0.15, 0.2) is 0 Å². The third-order valence-corrected chi connectivity index (χ3v) is 6.10. The second-order valence-corrected chi connectivity index (χ2v) is 7.58. The molecule has 1 N–H and O–H groups in total. The summed E-state index contributed by atoms with van der Waals surface area (Å²) in [6.07, 6.45) is 3.37. The molecule has 1 aliphatic heterocycles. The molecule has 1 aromatic rings. The molecule has 0 aromatic carbocycles. The maximum atomic E-state index is 12.6. The van der Waals surface area contributed by atoms with Crippen LogP contribution in [0.1, 0.15) is 49.9 Å². The van der Waals surface area contributed by atoms with E-state index in [-0.39, 0.29) is 30.0 Å². The van der Waals surface area contributed by atoms with Crippen molar-refractivity contribution in [3.05, 3.63) is 16.1 Å². The van der Waals surface area contributed by atoms with E-state index in [1.165, 1.54) is 6.42 Å². The Labute approximate surface area is 141 Å². The maximum Gasteiger partial charge on any atom is 0.228 e. The monoisotopic (exact) mass is 338 g/mol. The summed E-state index contributed by atoms with van der Waals surface area (Å²) >= 11 is 1.56. The van der Waals surface area contributed by atoms with Gasteiger partial charge >= 0.3 is 0 Å². The molecule has 6 heteroatoms. The van der Waals surface area contributed by atoms with Crippen molar-refractivity contribution < 1.29 is 14.6 Å². The maximum absolute atomic E-state index is 12.6. The van der Waals surface area contributed by atoms with Crippen molar-refractivity contribution in [1.82, 2.24) is 9.88 Å². The smallest absolute Gasteiger partial charge is 0.228 e. The summed E-state index contributed by atoms with van der Waals surface area (Å²) in [5, 5.41) is 13.1. The molecule has 2 heterocycles. The number of likely N-dealkylation sites (tertiary alicyclic amines) is 1. The minimum Gasteiger partial charge on any atom is -0.392 e. The zero-order valence-corrected chi connectivity index (χ0v) is 14.7. The lowest BCUT2D eigenvalue weighted by Crippen LogP contribution is -2.53. The summed E-state index contributed by atoms with van der Waals surface area (Å²) in [5.41, 5.74) is 0.831. The summed E-state index contributed by atoms with van der Waals surface area (Å²) in [6, 6.07) is 0. The minimum atomic E-state index is -0.217. The number of piperidine rings is 1. The predicted octanol–water partition coefficient (Wildman–Crippen LogP) is 2.40. The number of carbonyl (C=O) groups excluding carboxylic acids is 1. The molecule has 1 aliphatic carbocycles. The van der Waals surface area contributed by atoms with Crippen molar-refractivity contribution in [2.75, 3.05) is 19.7 Å². The number of rotatable bonds is 5. The second-order valence-electron chi connectivity index (χ2n) is 6.69. The van der Waals surface area contributed by atoms with E-state index in [4.69, 9.17) is 4.74 Å². The van der Waals surface area contributed by atoms with E-state index in [1.807, 2.05) is 24.1 Å². The highest BCUT2D eigenvalue weighted by molar-refractivity contribution is 7.09. The van der Waals surface area contributed by atoms with Crippen molar-refractivity contribution >= 4 is 17.2 Å². The highest BCUT2D eigenvalue weighted by Gasteiger charge is 2.39. The van der Waals surface area contributed by atoms with E-state index < -0.39 is 0 Å². The molecule has 23 heavy (non-hydrogen) atoms.